The van der Waals surface area contributed by atoms with Gasteiger partial charge in [0.05, 0.1) is 18.9 Å². The Hall–Kier alpha value is -2.03. The largest absolute Gasteiger partial charge is 0.378 e. The summed E-state index contributed by atoms with van der Waals surface area (Å²) in [7, 11) is 0. The van der Waals surface area contributed by atoms with Gasteiger partial charge in [-0.25, -0.2) is 4.39 Å². The average Bonchev–Trinajstić information content (AvgIpc) is 2.70. The van der Waals surface area contributed by atoms with Crippen LogP contribution in [0.1, 0.15) is 6.92 Å². The molecule has 0 aromatic heterocycles. The first kappa shape index (κ1) is 19.7. The zero-order valence-corrected chi connectivity index (χ0v) is 15.8. The highest BCUT2D eigenvalue weighted by Crippen LogP contribution is 2.12. The summed E-state index contributed by atoms with van der Waals surface area (Å²) in [6.45, 7) is 8.30. The van der Waals surface area contributed by atoms with Crippen LogP contribution in [-0.4, -0.2) is 81.8 Å². The number of amides is 2. The van der Waals surface area contributed by atoms with Crippen LogP contribution >= 0.6 is 0 Å². The summed E-state index contributed by atoms with van der Waals surface area (Å²) in [5, 5.41) is 2.68. The van der Waals surface area contributed by atoms with Gasteiger partial charge < -0.3 is 24.8 Å². The van der Waals surface area contributed by atoms with E-state index in [1.54, 1.807) is 18.2 Å². The third kappa shape index (κ3) is 5.24. The van der Waals surface area contributed by atoms with Crippen molar-refractivity contribution in [3.63, 3.8) is 0 Å². The van der Waals surface area contributed by atoms with Crippen molar-refractivity contribution in [2.24, 2.45) is 0 Å². The van der Waals surface area contributed by atoms with Gasteiger partial charge in [0.1, 0.15) is 32.0 Å². The Morgan fingerprint density at radius 1 is 1.19 bits per heavy atom. The predicted molar refractivity (Wildman–Crippen MR) is 98.2 cm³/mol. The fraction of sp³-hybridized carbons (Fsp3) is 0.579. The summed E-state index contributed by atoms with van der Waals surface area (Å²) in [6.07, 6.45) is 0. The number of nitrogens with one attached hydrogen (secondary N) is 3. The molecule has 7 nitrogen and oxygen atoms in total. The number of morpholine rings is 1. The standard InChI is InChI=1S/C19H27FN4O3/c1-15(19(26)21-17-5-3-2-4-16(17)20)23-8-6-22(7-9-23)14-18(25)24-10-12-27-13-11-24/h2-5,15H,6-14H2,1H3,(H,21,26)/p+2/t15-/m1/s1. The minimum atomic E-state index is -0.427. The van der Waals surface area contributed by atoms with Crippen LogP contribution in [0.25, 0.3) is 0 Å². The lowest BCUT2D eigenvalue weighted by Gasteiger charge is -2.34. The van der Waals surface area contributed by atoms with Crippen LogP contribution in [0.15, 0.2) is 24.3 Å². The fourth-order valence-corrected chi connectivity index (χ4v) is 3.66. The van der Waals surface area contributed by atoms with Gasteiger partial charge in [-0.2, -0.15) is 0 Å². The molecule has 1 aromatic carbocycles. The number of carbonyl (C=O) groups excluding carboxylic acids is 2. The van der Waals surface area contributed by atoms with Crippen LogP contribution in [0.4, 0.5) is 10.1 Å². The number of benzene rings is 1. The zero-order chi connectivity index (χ0) is 19.2. The van der Waals surface area contributed by atoms with Crippen LogP contribution in [-0.2, 0) is 14.3 Å². The Morgan fingerprint density at radius 3 is 2.52 bits per heavy atom. The summed E-state index contributed by atoms with van der Waals surface area (Å²) < 4.78 is 19.0. The van der Waals surface area contributed by atoms with E-state index in [0.717, 1.165) is 26.2 Å². The maximum Gasteiger partial charge on any atom is 0.282 e. The quantitative estimate of drug-likeness (QED) is 0.543. The van der Waals surface area contributed by atoms with Crippen molar-refractivity contribution in [2.45, 2.75) is 13.0 Å². The molecule has 2 saturated heterocycles. The molecule has 0 spiro atoms. The molecule has 148 valence electrons. The SMILES string of the molecule is C[C@H](C(=O)Nc1ccccc1F)[NH+]1CC[NH+](CC(=O)N2CCOCC2)CC1. The first-order chi connectivity index (χ1) is 13.0. The Kier molecular flexibility index (Phi) is 6.76. The number of anilines is 1. The molecule has 8 heteroatoms. The molecule has 0 saturated carbocycles. The van der Waals surface area contributed by atoms with E-state index in [1.807, 2.05) is 11.8 Å². The van der Waals surface area contributed by atoms with E-state index in [1.165, 1.54) is 15.9 Å². The lowest BCUT2D eigenvalue weighted by molar-refractivity contribution is -1.01. The number of rotatable bonds is 5. The summed E-state index contributed by atoms with van der Waals surface area (Å²) in [5.74, 6) is -0.422. The molecule has 3 N–H and O–H groups in total. The van der Waals surface area contributed by atoms with Crippen molar-refractivity contribution in [3.05, 3.63) is 30.1 Å². The van der Waals surface area contributed by atoms with Gasteiger partial charge in [0.15, 0.2) is 12.6 Å². The minimum Gasteiger partial charge on any atom is -0.378 e. The molecule has 27 heavy (non-hydrogen) atoms. The highest BCUT2D eigenvalue weighted by atomic mass is 19.1. The predicted octanol–water partition coefficient (Wildman–Crippen LogP) is -2.21. The van der Waals surface area contributed by atoms with Gasteiger partial charge in [-0.05, 0) is 19.1 Å². The first-order valence-electron chi connectivity index (χ1n) is 9.63. The molecule has 3 rings (SSSR count). The molecule has 1 aromatic rings. The number of quaternary nitrogens is 2. The second-order valence-corrected chi connectivity index (χ2v) is 7.27. The zero-order valence-electron chi connectivity index (χ0n) is 15.8. The highest BCUT2D eigenvalue weighted by Gasteiger charge is 2.32. The summed E-state index contributed by atoms with van der Waals surface area (Å²) in [5.41, 5.74) is 0.217. The monoisotopic (exact) mass is 380 g/mol. The molecule has 0 aliphatic carbocycles. The third-order valence-electron chi connectivity index (χ3n) is 5.50. The number of hydrogen-bond acceptors (Lipinski definition) is 3. The summed E-state index contributed by atoms with van der Waals surface area (Å²) in [4.78, 5) is 29.1. The van der Waals surface area contributed by atoms with Crippen molar-refractivity contribution in [1.82, 2.24) is 4.90 Å². The van der Waals surface area contributed by atoms with Crippen molar-refractivity contribution >= 4 is 17.5 Å². The van der Waals surface area contributed by atoms with E-state index >= 15 is 0 Å². The average molecular weight is 380 g/mol. The molecule has 2 aliphatic heterocycles. The van der Waals surface area contributed by atoms with Gasteiger partial charge in [-0.15, -0.1) is 0 Å². The maximum atomic E-state index is 13.7. The van der Waals surface area contributed by atoms with Gasteiger partial charge >= 0.3 is 0 Å². The molecule has 0 bridgehead atoms. The van der Waals surface area contributed by atoms with E-state index in [4.69, 9.17) is 4.74 Å². The van der Waals surface area contributed by atoms with E-state index in [2.05, 4.69) is 5.32 Å². The lowest BCUT2D eigenvalue weighted by atomic mass is 10.2. The Balaban J connectivity index is 1.44. The first-order valence-corrected chi connectivity index (χ1v) is 9.63. The lowest BCUT2D eigenvalue weighted by Crippen LogP contribution is -3.30. The summed E-state index contributed by atoms with van der Waals surface area (Å²) in [6, 6.07) is 5.93. The number of hydrogen-bond donors (Lipinski definition) is 3. The topological polar surface area (TPSA) is 67.5 Å². The Morgan fingerprint density at radius 2 is 1.85 bits per heavy atom. The van der Waals surface area contributed by atoms with Gasteiger partial charge in [0.25, 0.3) is 11.8 Å². The van der Waals surface area contributed by atoms with Crippen LogP contribution in [0.3, 0.4) is 0 Å². The van der Waals surface area contributed by atoms with E-state index in [9.17, 15) is 14.0 Å². The smallest absolute Gasteiger partial charge is 0.282 e. The van der Waals surface area contributed by atoms with E-state index in [-0.39, 0.29) is 23.5 Å². The summed E-state index contributed by atoms with van der Waals surface area (Å²) >= 11 is 0. The minimum absolute atomic E-state index is 0.178. The molecular formula is C19H29FN4O3+2. The number of carbonyl (C=O) groups is 2. The number of ether oxygens (including phenoxy) is 1. The van der Waals surface area contributed by atoms with Crippen molar-refractivity contribution in [3.8, 4) is 0 Å². The van der Waals surface area contributed by atoms with E-state index in [0.29, 0.717) is 32.8 Å². The number of halogens is 1. The van der Waals surface area contributed by atoms with E-state index < -0.39 is 5.82 Å². The van der Waals surface area contributed by atoms with Crippen molar-refractivity contribution in [1.29, 1.82) is 0 Å². The third-order valence-corrected chi connectivity index (χ3v) is 5.50. The van der Waals surface area contributed by atoms with Crippen LogP contribution < -0.4 is 15.1 Å². The second-order valence-electron chi connectivity index (χ2n) is 7.27. The number of nitrogens with zero attached hydrogens (tertiary/aromatic N) is 1. The molecule has 2 amide bonds. The van der Waals surface area contributed by atoms with Gasteiger partial charge in [-0.1, -0.05) is 12.1 Å². The molecule has 0 radical (unpaired) electrons. The normalized spacial score (nSPS) is 24.3. The van der Waals surface area contributed by atoms with Gasteiger partial charge in [-0.3, -0.25) is 9.59 Å². The number of para-hydroxylation sites is 1. The van der Waals surface area contributed by atoms with Crippen LogP contribution in [0, 0.1) is 5.82 Å². The highest BCUT2D eigenvalue weighted by molar-refractivity contribution is 5.93. The second kappa shape index (κ2) is 9.25. The van der Waals surface area contributed by atoms with Crippen molar-refractivity contribution < 1.29 is 28.5 Å². The van der Waals surface area contributed by atoms with Crippen LogP contribution in [0.5, 0.6) is 0 Å². The molecule has 0 unspecified atom stereocenters. The Labute approximate surface area is 159 Å². The molecule has 1 atom stereocenters. The molecular weight excluding hydrogens is 351 g/mol. The Bertz CT molecular complexity index is 658. The van der Waals surface area contributed by atoms with Gasteiger partial charge in [0, 0.05) is 13.1 Å². The van der Waals surface area contributed by atoms with Crippen LogP contribution in [0.2, 0.25) is 0 Å². The number of piperazine rings is 1. The molecule has 2 heterocycles. The van der Waals surface area contributed by atoms with Gasteiger partial charge in [0.2, 0.25) is 0 Å². The van der Waals surface area contributed by atoms with Crippen molar-refractivity contribution in [2.75, 3.05) is 64.3 Å². The molecule has 2 fully saturated rings. The fourth-order valence-electron chi connectivity index (χ4n) is 3.66. The maximum absolute atomic E-state index is 13.7. The molecule has 2 aliphatic rings.